The fraction of sp³-hybridized carbons (Fsp3) is 1.00. The molecule has 0 aliphatic rings. The number of rotatable bonds is 0. The summed E-state index contributed by atoms with van der Waals surface area (Å²) in [4.78, 5) is 1.97. The summed E-state index contributed by atoms with van der Waals surface area (Å²) in [5, 5.41) is 0. The van der Waals surface area contributed by atoms with Crippen molar-refractivity contribution in [2.75, 3.05) is 10.8 Å². The monoisotopic (exact) mass is 248 g/mol. The Labute approximate surface area is 71.1 Å². The van der Waals surface area contributed by atoms with Crippen molar-refractivity contribution in [3.05, 3.63) is 0 Å². The molecule has 0 fully saturated rings. The van der Waals surface area contributed by atoms with Crippen LogP contribution in [0.4, 0.5) is 0 Å². The molecule has 0 aromatic heterocycles. The van der Waals surface area contributed by atoms with Gasteiger partial charge in [-0.15, -0.1) is 11.6 Å². The van der Waals surface area contributed by atoms with Crippen LogP contribution in [0.1, 0.15) is 20.8 Å². The second-order valence-corrected chi connectivity index (χ2v) is 2.96. The molecule has 0 saturated carbocycles. The minimum atomic E-state index is 0.307. The number of halogens is 2. The number of hydrogen-bond acceptors (Lipinski definition) is 0. The predicted molar refractivity (Wildman–Crippen MR) is 50.1 cm³/mol. The van der Waals surface area contributed by atoms with Gasteiger partial charge in [0.15, 0.2) is 0 Å². The van der Waals surface area contributed by atoms with E-state index in [9.17, 15) is 0 Å². The van der Waals surface area contributed by atoms with E-state index >= 15 is 0 Å². The lowest BCUT2D eigenvalue weighted by Crippen LogP contribution is -2.05. The highest BCUT2D eigenvalue weighted by Crippen LogP contribution is 2.13. The molecule has 0 heterocycles. The molecule has 0 nitrogen and oxygen atoms in total. The lowest BCUT2D eigenvalue weighted by molar-refractivity contribution is 0.477. The van der Waals surface area contributed by atoms with E-state index in [1.807, 2.05) is 4.93 Å². The van der Waals surface area contributed by atoms with Gasteiger partial charge in [0.1, 0.15) is 0 Å². The van der Waals surface area contributed by atoms with E-state index in [-0.39, 0.29) is 0 Å². The molecule has 0 N–H and O–H groups in total. The molecular formula is C6H14ClI. The van der Waals surface area contributed by atoms with Crippen LogP contribution in [-0.4, -0.2) is 10.8 Å². The molecule has 0 unspecified atom stereocenters. The third kappa shape index (κ3) is 15.7. The minimum absolute atomic E-state index is 0.307. The van der Waals surface area contributed by atoms with E-state index < -0.39 is 0 Å². The van der Waals surface area contributed by atoms with Crippen LogP contribution < -0.4 is 0 Å². The maximum atomic E-state index is 5.48. The zero-order chi connectivity index (χ0) is 7.21. The van der Waals surface area contributed by atoms with Gasteiger partial charge >= 0.3 is 0 Å². The van der Waals surface area contributed by atoms with Gasteiger partial charge in [0.25, 0.3) is 0 Å². The Balaban J connectivity index is 0. The molecule has 0 aromatic rings. The molecule has 0 bridgehead atoms. The smallest absolute Gasteiger partial charge is 0.0272 e. The number of hydrogen-bond donors (Lipinski definition) is 0. The molecule has 0 radical (unpaired) electrons. The highest BCUT2D eigenvalue weighted by atomic mass is 127. The molecule has 0 aliphatic carbocycles. The zero-order valence-corrected chi connectivity index (χ0v) is 8.88. The van der Waals surface area contributed by atoms with Gasteiger partial charge in [-0.1, -0.05) is 43.4 Å². The van der Waals surface area contributed by atoms with Crippen molar-refractivity contribution in [3.63, 3.8) is 0 Å². The van der Waals surface area contributed by atoms with Crippen LogP contribution in [0.5, 0.6) is 0 Å². The minimum Gasteiger partial charge on any atom is -0.126 e. The lowest BCUT2D eigenvalue weighted by Gasteiger charge is -2.10. The largest absolute Gasteiger partial charge is 0.126 e. The Hall–Kier alpha value is 1.02. The third-order valence-corrected chi connectivity index (χ3v) is 1.20. The maximum Gasteiger partial charge on any atom is 0.0272 e. The van der Waals surface area contributed by atoms with Crippen molar-refractivity contribution in [3.8, 4) is 0 Å². The highest BCUT2D eigenvalue weighted by molar-refractivity contribution is 14.1. The van der Waals surface area contributed by atoms with E-state index in [2.05, 4.69) is 43.4 Å². The molecule has 0 rings (SSSR count). The van der Waals surface area contributed by atoms with Gasteiger partial charge < -0.3 is 0 Å². The lowest BCUT2D eigenvalue weighted by atomic mass is 10.0. The van der Waals surface area contributed by atoms with E-state index in [0.29, 0.717) is 5.41 Å². The average molecular weight is 249 g/mol. The molecule has 0 amide bonds. The first-order valence-corrected chi connectivity index (χ1v) is 5.19. The van der Waals surface area contributed by atoms with Crippen LogP contribution in [0.3, 0.4) is 0 Å². The number of alkyl halides is 2. The van der Waals surface area contributed by atoms with Crippen molar-refractivity contribution < 1.29 is 0 Å². The summed E-state index contributed by atoms with van der Waals surface area (Å²) < 4.78 is 0. The van der Waals surface area contributed by atoms with Crippen molar-refractivity contribution in [2.45, 2.75) is 20.8 Å². The van der Waals surface area contributed by atoms with Gasteiger partial charge in [-0.05, 0) is 10.3 Å². The van der Waals surface area contributed by atoms with Gasteiger partial charge in [0.2, 0.25) is 0 Å². The van der Waals surface area contributed by atoms with Crippen molar-refractivity contribution in [2.24, 2.45) is 5.41 Å². The van der Waals surface area contributed by atoms with Gasteiger partial charge in [-0.25, -0.2) is 0 Å². The van der Waals surface area contributed by atoms with Gasteiger partial charge in [-0.2, -0.15) is 0 Å². The van der Waals surface area contributed by atoms with Crippen LogP contribution in [-0.2, 0) is 0 Å². The fourth-order valence-corrected chi connectivity index (χ4v) is 0. The molecule has 2 heteroatoms. The van der Waals surface area contributed by atoms with Crippen molar-refractivity contribution in [1.29, 1.82) is 0 Å². The average Bonchev–Trinajstić information content (AvgIpc) is 1.71. The SMILES string of the molecule is CC(C)(C)CCl.CI. The summed E-state index contributed by atoms with van der Waals surface area (Å²) in [7, 11) is 0. The van der Waals surface area contributed by atoms with E-state index in [0.717, 1.165) is 5.88 Å². The summed E-state index contributed by atoms with van der Waals surface area (Å²) in [6, 6.07) is 0. The molecule has 52 valence electrons. The standard InChI is InChI=1S/C5H11Cl.CH3I/c1-5(2,3)4-6;1-2/h4H2,1-3H3;1H3. The molecule has 0 atom stereocenters. The second kappa shape index (κ2) is 6.14. The van der Waals surface area contributed by atoms with Crippen LogP contribution in [0.2, 0.25) is 0 Å². The van der Waals surface area contributed by atoms with Crippen LogP contribution in [0, 0.1) is 5.41 Å². The topological polar surface area (TPSA) is 0 Å². The van der Waals surface area contributed by atoms with Gasteiger partial charge in [-0.3, -0.25) is 0 Å². The molecule has 0 spiro atoms. The predicted octanol–water partition coefficient (Wildman–Crippen LogP) is 3.32. The van der Waals surface area contributed by atoms with Gasteiger partial charge in [0, 0.05) is 5.88 Å². The molecule has 0 saturated heterocycles. The Morgan fingerprint density at radius 1 is 1.25 bits per heavy atom. The third-order valence-electron chi connectivity index (χ3n) is 0.401. The Bertz CT molecular complexity index is 38.3. The molecule has 0 aromatic carbocycles. The molecule has 8 heavy (non-hydrogen) atoms. The van der Waals surface area contributed by atoms with Crippen LogP contribution in [0.25, 0.3) is 0 Å². The first-order valence-electron chi connectivity index (χ1n) is 2.50. The fourth-order valence-electron chi connectivity index (χ4n) is 0. The van der Waals surface area contributed by atoms with Crippen molar-refractivity contribution in [1.82, 2.24) is 0 Å². The summed E-state index contributed by atoms with van der Waals surface area (Å²) in [6.07, 6.45) is 0. The normalized spacial score (nSPS) is 9.75. The Morgan fingerprint density at radius 3 is 1.38 bits per heavy atom. The Kier molecular flexibility index (Phi) is 9.04. The summed E-state index contributed by atoms with van der Waals surface area (Å²) in [5.74, 6) is 0.743. The maximum absolute atomic E-state index is 5.48. The summed E-state index contributed by atoms with van der Waals surface area (Å²) >= 11 is 7.63. The second-order valence-electron chi connectivity index (χ2n) is 2.69. The summed E-state index contributed by atoms with van der Waals surface area (Å²) in [6.45, 7) is 6.33. The zero-order valence-electron chi connectivity index (χ0n) is 5.96. The van der Waals surface area contributed by atoms with E-state index in [1.165, 1.54) is 0 Å². The van der Waals surface area contributed by atoms with Crippen LogP contribution in [0.15, 0.2) is 0 Å². The van der Waals surface area contributed by atoms with Crippen LogP contribution >= 0.6 is 34.2 Å². The first-order chi connectivity index (χ1) is 3.56. The highest BCUT2D eigenvalue weighted by Gasteiger charge is 2.05. The van der Waals surface area contributed by atoms with E-state index in [1.54, 1.807) is 0 Å². The Morgan fingerprint density at radius 2 is 1.38 bits per heavy atom. The molecule has 0 aliphatic heterocycles. The first kappa shape index (κ1) is 11.8. The van der Waals surface area contributed by atoms with E-state index in [4.69, 9.17) is 11.6 Å². The quantitative estimate of drug-likeness (QED) is 0.456. The summed E-state index contributed by atoms with van der Waals surface area (Å²) in [5.41, 5.74) is 0.307. The molecular weight excluding hydrogens is 234 g/mol. The van der Waals surface area contributed by atoms with Gasteiger partial charge in [0.05, 0.1) is 0 Å². The van der Waals surface area contributed by atoms with Crippen molar-refractivity contribution >= 4 is 34.2 Å².